The third-order valence-electron chi connectivity index (χ3n) is 9.25. The van der Waals surface area contributed by atoms with Crippen molar-refractivity contribution >= 4 is 11.9 Å². The van der Waals surface area contributed by atoms with Crippen molar-refractivity contribution in [2.45, 2.75) is 107 Å². The monoisotopic (exact) mass is 482 g/mol. The van der Waals surface area contributed by atoms with Gasteiger partial charge in [0.05, 0.1) is 24.9 Å². The van der Waals surface area contributed by atoms with E-state index >= 15 is 0 Å². The van der Waals surface area contributed by atoms with Gasteiger partial charge in [-0.05, 0) is 60.2 Å². The van der Waals surface area contributed by atoms with Gasteiger partial charge >= 0.3 is 11.9 Å². The second-order valence-electron chi connectivity index (χ2n) is 11.6. The lowest BCUT2D eigenvalue weighted by molar-refractivity contribution is -0.258. The smallest absolute Gasteiger partial charge is 0.302 e. The molecule has 6 atom stereocenters. The molecule has 4 bridgehead atoms. The Bertz CT molecular complexity index is 754. The van der Waals surface area contributed by atoms with Gasteiger partial charge in [-0.3, -0.25) is 9.59 Å². The average Bonchev–Trinajstić information content (AvgIpc) is 2.69. The molecule has 6 heteroatoms. The third-order valence-corrected chi connectivity index (χ3v) is 9.25. The summed E-state index contributed by atoms with van der Waals surface area (Å²) in [4.78, 5) is 21.4. The molecule has 6 aliphatic carbocycles. The molecule has 6 aliphatic rings. The fraction of sp³-hybridized carbons (Fsp3) is 0.857. The van der Waals surface area contributed by atoms with Crippen LogP contribution in [0.5, 0.6) is 0 Å². The second-order valence-corrected chi connectivity index (χ2v) is 11.6. The van der Waals surface area contributed by atoms with Crippen LogP contribution in [-0.4, -0.2) is 47.1 Å². The molecule has 0 aromatic heterocycles. The van der Waals surface area contributed by atoms with Crippen LogP contribution in [0, 0.1) is 34.5 Å². The fourth-order valence-corrected chi connectivity index (χ4v) is 6.74. The van der Waals surface area contributed by atoms with Crippen LogP contribution < -0.4 is 0 Å². The van der Waals surface area contributed by atoms with Crippen LogP contribution in [0.4, 0.5) is 0 Å². The normalized spacial score (nSPS) is 35.3. The van der Waals surface area contributed by atoms with Crippen molar-refractivity contribution in [3.05, 3.63) is 11.6 Å². The molecule has 5 unspecified atom stereocenters. The summed E-state index contributed by atoms with van der Waals surface area (Å²) in [5, 5.41) is 20.7. The Hall–Kier alpha value is -1.40. The van der Waals surface area contributed by atoms with Gasteiger partial charge in [0, 0.05) is 26.7 Å². The van der Waals surface area contributed by atoms with E-state index in [2.05, 4.69) is 33.8 Å². The molecule has 0 amide bonds. The van der Waals surface area contributed by atoms with Gasteiger partial charge in [0.2, 0.25) is 0 Å². The Morgan fingerprint density at radius 2 is 1.53 bits per heavy atom. The summed E-state index contributed by atoms with van der Waals surface area (Å²) in [5.41, 5.74) is 1.00. The number of hydrogen-bond donors (Lipinski definition) is 2. The molecule has 0 aliphatic heterocycles. The van der Waals surface area contributed by atoms with Crippen molar-refractivity contribution in [3.8, 4) is 0 Å². The molecule has 2 N–H and O–H groups in total. The highest BCUT2D eigenvalue weighted by molar-refractivity contribution is 5.66. The minimum atomic E-state index is -1.09. The van der Waals surface area contributed by atoms with Crippen LogP contribution in [0.3, 0.4) is 0 Å². The van der Waals surface area contributed by atoms with Gasteiger partial charge in [-0.15, -0.1) is 0 Å². The van der Waals surface area contributed by atoms with Crippen LogP contribution in [0.2, 0.25) is 0 Å². The molecule has 0 spiro atoms. The van der Waals surface area contributed by atoms with E-state index in [0.29, 0.717) is 30.8 Å². The molecule has 6 nitrogen and oxygen atoms in total. The minimum absolute atomic E-state index is 0. The molecule has 0 saturated heterocycles. The Morgan fingerprint density at radius 3 is 2.03 bits per heavy atom. The number of hydrogen-bond acceptors (Lipinski definition) is 6. The minimum Gasteiger partial charge on any atom is -0.466 e. The fourth-order valence-electron chi connectivity index (χ4n) is 6.74. The largest absolute Gasteiger partial charge is 0.466 e. The van der Waals surface area contributed by atoms with Crippen molar-refractivity contribution in [1.82, 2.24) is 0 Å². The molecule has 0 aromatic rings. The summed E-state index contributed by atoms with van der Waals surface area (Å²) in [6, 6.07) is 0. The van der Waals surface area contributed by atoms with Gasteiger partial charge < -0.3 is 19.7 Å². The Labute approximate surface area is 207 Å². The van der Waals surface area contributed by atoms with Crippen molar-refractivity contribution < 1.29 is 29.3 Å². The third kappa shape index (κ3) is 5.70. The van der Waals surface area contributed by atoms with Crippen molar-refractivity contribution in [2.24, 2.45) is 34.5 Å². The van der Waals surface area contributed by atoms with E-state index < -0.39 is 11.7 Å². The van der Waals surface area contributed by atoms with Crippen LogP contribution in [0.1, 0.15) is 94.9 Å². The lowest BCUT2D eigenvalue weighted by atomic mass is 9.43. The van der Waals surface area contributed by atoms with Crippen LogP contribution in [-0.2, 0) is 19.1 Å². The number of aliphatic hydroxyl groups excluding tert-OH is 1. The number of aliphatic hydroxyl groups is 2. The zero-order chi connectivity index (χ0) is 23.9. The van der Waals surface area contributed by atoms with E-state index in [-0.39, 0.29) is 44.7 Å². The summed E-state index contributed by atoms with van der Waals surface area (Å²) in [7, 11) is 0. The van der Waals surface area contributed by atoms with Gasteiger partial charge in [0.15, 0.2) is 0 Å². The molecule has 4 fully saturated rings. The van der Waals surface area contributed by atoms with E-state index in [1.165, 1.54) is 32.3 Å². The number of fused-ring (bicyclic) bond motifs is 3. The van der Waals surface area contributed by atoms with E-state index in [0.717, 1.165) is 24.7 Å². The van der Waals surface area contributed by atoms with Gasteiger partial charge in [-0.1, -0.05) is 54.2 Å². The van der Waals surface area contributed by atoms with Gasteiger partial charge in [-0.2, -0.15) is 0 Å². The van der Waals surface area contributed by atoms with Crippen LogP contribution in [0.15, 0.2) is 11.6 Å². The highest BCUT2D eigenvalue weighted by Crippen LogP contribution is 2.63. The first kappa shape index (κ1) is 30.6. The maximum absolute atomic E-state index is 10.7. The van der Waals surface area contributed by atoms with Crippen molar-refractivity contribution in [1.29, 1.82) is 0 Å². The standard InChI is InChI=1S/C13H22O4.C13H20O2.2CH4/c1-8(14)17-5-4-13(16)10-6-9(7-11(13)15)12(10,2)3;1-9(14)15-7-6-10-4-5-11-8-12(10)13(11,2)3;;/h9-11,15-16H,4-7H2,1-3H3;4,11-12H,5-8H2,1-3H3;2*1H4/t9?,10?,11?,13-;;;/m1.../s1. The van der Waals surface area contributed by atoms with Gasteiger partial charge in [0.25, 0.3) is 0 Å². The summed E-state index contributed by atoms with van der Waals surface area (Å²) in [6.45, 7) is 12.6. The van der Waals surface area contributed by atoms with E-state index in [9.17, 15) is 19.8 Å². The summed E-state index contributed by atoms with van der Waals surface area (Å²) < 4.78 is 9.88. The zero-order valence-electron chi connectivity index (χ0n) is 20.6. The Kier molecular flexibility index (Phi) is 10.0. The predicted molar refractivity (Wildman–Crippen MR) is 135 cm³/mol. The quantitative estimate of drug-likeness (QED) is 0.394. The lowest BCUT2D eigenvalue weighted by Gasteiger charge is -2.65. The Balaban J connectivity index is 0.000000323. The number of carbonyl (C=O) groups excluding carboxylic acids is 2. The number of esters is 2. The van der Waals surface area contributed by atoms with Crippen LogP contribution in [0.25, 0.3) is 0 Å². The van der Waals surface area contributed by atoms with Gasteiger partial charge in [0.1, 0.15) is 0 Å². The topological polar surface area (TPSA) is 93.1 Å². The van der Waals surface area contributed by atoms with E-state index in [4.69, 9.17) is 9.47 Å². The lowest BCUT2D eigenvalue weighted by Crippen LogP contribution is -2.67. The van der Waals surface area contributed by atoms with E-state index in [1.807, 2.05) is 0 Å². The predicted octanol–water partition coefficient (Wildman–Crippen LogP) is 5.30. The van der Waals surface area contributed by atoms with E-state index in [1.54, 1.807) is 0 Å². The summed E-state index contributed by atoms with van der Waals surface area (Å²) >= 11 is 0. The first-order chi connectivity index (χ1) is 14.8. The summed E-state index contributed by atoms with van der Waals surface area (Å²) in [5.74, 6) is 1.74. The average molecular weight is 483 g/mol. The highest BCUT2D eigenvalue weighted by Gasteiger charge is 2.64. The molecular formula is C28H50O6. The second kappa shape index (κ2) is 11.1. The molecule has 0 heterocycles. The number of rotatable bonds is 6. The highest BCUT2D eigenvalue weighted by atomic mass is 16.5. The van der Waals surface area contributed by atoms with Crippen molar-refractivity contribution in [2.75, 3.05) is 13.2 Å². The molecule has 4 saturated carbocycles. The number of carbonyl (C=O) groups is 2. The maximum atomic E-state index is 10.7. The van der Waals surface area contributed by atoms with Crippen molar-refractivity contribution in [3.63, 3.8) is 0 Å². The van der Waals surface area contributed by atoms with Crippen LogP contribution >= 0.6 is 0 Å². The molecular weight excluding hydrogens is 432 g/mol. The zero-order valence-corrected chi connectivity index (χ0v) is 20.6. The first-order valence-electron chi connectivity index (χ1n) is 12.2. The SMILES string of the molecule is C.C.CC(=O)OCCC1=CCC2CC1C2(C)C.CC(=O)OCC[C@]1(O)C(O)CC2CC1C2(C)C. The Morgan fingerprint density at radius 1 is 0.941 bits per heavy atom. The molecule has 0 aromatic carbocycles. The first-order valence-corrected chi connectivity index (χ1v) is 12.2. The number of ether oxygens (including phenoxy) is 2. The molecule has 198 valence electrons. The maximum Gasteiger partial charge on any atom is 0.302 e. The molecule has 6 rings (SSSR count). The number of allylic oxidation sites excluding steroid dienone is 1. The molecule has 0 radical (unpaired) electrons. The molecule has 34 heavy (non-hydrogen) atoms. The summed E-state index contributed by atoms with van der Waals surface area (Å²) in [6.07, 6.45) is 7.14. The van der Waals surface area contributed by atoms with Gasteiger partial charge in [-0.25, -0.2) is 0 Å².